The van der Waals surface area contributed by atoms with Crippen molar-refractivity contribution in [2.75, 3.05) is 41.8 Å². The highest BCUT2D eigenvalue weighted by atomic mass is 35.5. The van der Waals surface area contributed by atoms with Crippen LogP contribution in [0.1, 0.15) is 26.3 Å². The van der Waals surface area contributed by atoms with Crippen LogP contribution in [0.4, 0.5) is 36.9 Å². The topological polar surface area (TPSA) is 154 Å². The third-order valence-electron chi connectivity index (χ3n) is 5.40. The summed E-state index contributed by atoms with van der Waals surface area (Å²) < 4.78 is 53.2. The number of likely N-dealkylation sites (N-methyl/N-ethyl adjacent to an activating group) is 1. The van der Waals surface area contributed by atoms with Gasteiger partial charge in [0.2, 0.25) is 0 Å². The molecule has 16 heteroatoms. The van der Waals surface area contributed by atoms with Crippen LogP contribution in [0.2, 0.25) is 5.02 Å². The van der Waals surface area contributed by atoms with Crippen molar-refractivity contribution in [1.29, 1.82) is 5.26 Å². The van der Waals surface area contributed by atoms with E-state index in [2.05, 4.69) is 15.6 Å². The smallest absolute Gasteiger partial charge is 0.430 e. The second-order valence-electron chi connectivity index (χ2n) is 9.64. The minimum absolute atomic E-state index is 0.00608. The van der Waals surface area contributed by atoms with Gasteiger partial charge in [-0.15, -0.1) is 15.6 Å². The first kappa shape index (κ1) is 32.4. The summed E-state index contributed by atoms with van der Waals surface area (Å²) in [5.41, 5.74) is 1.48. The van der Waals surface area contributed by atoms with E-state index < -0.39 is 38.5 Å². The number of thiazole rings is 1. The Hall–Kier alpha value is -4.13. The highest BCUT2D eigenvalue weighted by Crippen LogP contribution is 2.36. The molecule has 224 valence electrons. The molecular weight excluding hydrogens is 611 g/mol. The number of anilines is 4. The molecule has 0 saturated heterocycles. The maximum atomic E-state index is 15.5. The van der Waals surface area contributed by atoms with E-state index in [4.69, 9.17) is 21.1 Å². The average Bonchev–Trinajstić information content (AvgIpc) is 3.43. The number of aromatic nitrogens is 1. The minimum atomic E-state index is -4.86. The van der Waals surface area contributed by atoms with Crippen molar-refractivity contribution in [3.63, 3.8) is 0 Å². The number of carbonyl (C=O) groups excluding carboxylic acids is 2. The van der Waals surface area contributed by atoms with Crippen molar-refractivity contribution in [3.8, 4) is 6.07 Å². The summed E-state index contributed by atoms with van der Waals surface area (Å²) in [5, 5.41) is 15.8. The number of halogens is 2. The number of sulfonamides is 1. The summed E-state index contributed by atoms with van der Waals surface area (Å²) in [7, 11) is -1.74. The molecule has 1 heterocycles. The second-order valence-corrected chi connectivity index (χ2v) is 12.5. The van der Waals surface area contributed by atoms with Gasteiger partial charge in [-0.3, -0.25) is 0 Å². The number of nitrogens with zero attached hydrogens (tertiary/aromatic N) is 4. The van der Waals surface area contributed by atoms with Gasteiger partial charge in [0.1, 0.15) is 22.9 Å². The number of nitrogens with one attached hydrogen (secondary N) is 2. The van der Waals surface area contributed by atoms with Gasteiger partial charge in [0.05, 0.1) is 45.8 Å². The molecule has 12 nitrogen and oxygen atoms in total. The number of benzene rings is 2. The first-order valence-corrected chi connectivity index (χ1v) is 15.0. The molecule has 3 aromatic rings. The lowest BCUT2D eigenvalue weighted by atomic mass is 10.1. The largest absolute Gasteiger partial charge is 0.448 e. The number of nitriles is 1. The fourth-order valence-corrected chi connectivity index (χ4v) is 5.69. The van der Waals surface area contributed by atoms with Gasteiger partial charge in [-0.2, -0.15) is 5.26 Å². The van der Waals surface area contributed by atoms with E-state index in [-0.39, 0.29) is 34.0 Å². The van der Waals surface area contributed by atoms with Crippen molar-refractivity contribution in [2.24, 2.45) is 0 Å². The molecular formula is C26H28ClFN6O6S2. The monoisotopic (exact) mass is 638 g/mol. The quantitative estimate of drug-likeness (QED) is 0.308. The standard InChI is InChI=1S/C26H28ClFN6O6S2/c1-26(2,3)40-25(36)34(23-14-41-15-31-23)42(37,38)22-11-17(27)20(12-18(22)28)32-19-7-6-16(13-29)10-21(19)33(5)8-9-39-24(35)30-4/h6-7,10-12,14-15,32H,8-9H2,1-5H3,(H,30,35). The maximum absolute atomic E-state index is 15.5. The van der Waals surface area contributed by atoms with Gasteiger partial charge in [-0.05, 0) is 45.0 Å². The van der Waals surface area contributed by atoms with Gasteiger partial charge in [0.25, 0.3) is 10.0 Å². The van der Waals surface area contributed by atoms with E-state index in [0.29, 0.717) is 16.9 Å². The molecule has 0 bridgehead atoms. The van der Waals surface area contributed by atoms with Gasteiger partial charge >= 0.3 is 12.2 Å². The van der Waals surface area contributed by atoms with Gasteiger partial charge < -0.3 is 25.0 Å². The third-order valence-corrected chi connectivity index (χ3v) is 7.97. The lowest BCUT2D eigenvalue weighted by molar-refractivity contribution is 0.0608. The molecule has 0 radical (unpaired) electrons. The molecule has 0 atom stereocenters. The van der Waals surface area contributed by atoms with Gasteiger partial charge in [-0.1, -0.05) is 11.6 Å². The molecule has 3 rings (SSSR count). The number of carbonyl (C=O) groups is 2. The van der Waals surface area contributed by atoms with E-state index >= 15 is 4.39 Å². The van der Waals surface area contributed by atoms with Crippen LogP contribution in [0.15, 0.2) is 46.1 Å². The second kappa shape index (κ2) is 13.2. The Morgan fingerprint density at radius 3 is 2.52 bits per heavy atom. The Labute approximate surface area is 251 Å². The molecule has 0 aliphatic carbocycles. The van der Waals surface area contributed by atoms with E-state index in [1.807, 2.05) is 6.07 Å². The first-order valence-electron chi connectivity index (χ1n) is 12.2. The Balaban J connectivity index is 1.98. The van der Waals surface area contributed by atoms with Crippen LogP contribution in [0.5, 0.6) is 0 Å². The Morgan fingerprint density at radius 2 is 1.93 bits per heavy atom. The minimum Gasteiger partial charge on any atom is -0.448 e. The number of hydrogen-bond acceptors (Lipinski definition) is 11. The number of hydrogen-bond donors (Lipinski definition) is 2. The van der Waals surface area contributed by atoms with Crippen LogP contribution < -0.4 is 19.8 Å². The van der Waals surface area contributed by atoms with Crippen LogP contribution in [0, 0.1) is 17.1 Å². The summed E-state index contributed by atoms with van der Waals surface area (Å²) in [6.45, 7) is 4.93. The van der Waals surface area contributed by atoms with Gasteiger partial charge in [0, 0.05) is 25.5 Å². The molecule has 2 amide bonds. The SMILES string of the molecule is CNC(=O)OCCN(C)c1cc(C#N)ccc1Nc1cc(F)c(S(=O)(=O)N(C(=O)OC(C)(C)C)c2cscn2)cc1Cl. The fraction of sp³-hybridized carbons (Fsp3) is 0.308. The number of ether oxygens (including phenoxy) is 2. The van der Waals surface area contributed by atoms with Crippen molar-refractivity contribution >= 4 is 68.0 Å². The molecule has 0 aliphatic heterocycles. The van der Waals surface area contributed by atoms with Crippen LogP contribution in [0.3, 0.4) is 0 Å². The molecule has 0 unspecified atom stereocenters. The lowest BCUT2D eigenvalue weighted by Gasteiger charge is -2.26. The van der Waals surface area contributed by atoms with Crippen LogP contribution >= 0.6 is 22.9 Å². The first-order chi connectivity index (χ1) is 19.7. The molecule has 2 N–H and O–H groups in total. The highest BCUT2D eigenvalue weighted by Gasteiger charge is 2.38. The van der Waals surface area contributed by atoms with E-state index in [1.165, 1.54) is 24.0 Å². The van der Waals surface area contributed by atoms with Crippen molar-refractivity contribution in [1.82, 2.24) is 10.3 Å². The Kier molecular flexibility index (Phi) is 10.2. The van der Waals surface area contributed by atoms with Crippen molar-refractivity contribution < 1.29 is 31.9 Å². The number of alkyl carbamates (subject to hydrolysis) is 1. The highest BCUT2D eigenvalue weighted by molar-refractivity contribution is 7.93. The van der Waals surface area contributed by atoms with Crippen LogP contribution in [0.25, 0.3) is 0 Å². The van der Waals surface area contributed by atoms with Crippen molar-refractivity contribution in [3.05, 3.63) is 57.6 Å². The van der Waals surface area contributed by atoms with E-state index in [0.717, 1.165) is 23.5 Å². The van der Waals surface area contributed by atoms with Gasteiger partial charge in [0.15, 0.2) is 5.82 Å². The molecule has 42 heavy (non-hydrogen) atoms. The fourth-order valence-electron chi connectivity index (χ4n) is 3.48. The summed E-state index contributed by atoms with van der Waals surface area (Å²) in [6, 6.07) is 8.45. The van der Waals surface area contributed by atoms with E-state index in [9.17, 15) is 23.3 Å². The maximum Gasteiger partial charge on any atom is 0.430 e. The molecule has 0 fully saturated rings. The summed E-state index contributed by atoms with van der Waals surface area (Å²) >= 11 is 7.46. The molecule has 2 aromatic carbocycles. The number of rotatable bonds is 9. The van der Waals surface area contributed by atoms with Crippen LogP contribution in [-0.2, 0) is 19.5 Å². The third kappa shape index (κ3) is 7.78. The predicted molar refractivity (Wildman–Crippen MR) is 158 cm³/mol. The normalized spacial score (nSPS) is 11.3. The van der Waals surface area contributed by atoms with Crippen LogP contribution in [-0.4, -0.2) is 58.4 Å². The molecule has 0 spiro atoms. The van der Waals surface area contributed by atoms with Gasteiger partial charge in [-0.25, -0.2) is 27.4 Å². The van der Waals surface area contributed by atoms with E-state index in [1.54, 1.807) is 44.9 Å². The zero-order valence-corrected chi connectivity index (χ0v) is 25.7. The zero-order valence-electron chi connectivity index (χ0n) is 23.3. The van der Waals surface area contributed by atoms with Crippen molar-refractivity contribution in [2.45, 2.75) is 31.3 Å². The lowest BCUT2D eigenvalue weighted by Crippen LogP contribution is -2.41. The molecule has 1 aromatic heterocycles. The molecule has 0 saturated carbocycles. The number of amides is 2. The summed E-state index contributed by atoms with van der Waals surface area (Å²) in [5.74, 6) is -1.47. The predicted octanol–water partition coefficient (Wildman–Crippen LogP) is 5.47. The summed E-state index contributed by atoms with van der Waals surface area (Å²) in [4.78, 5) is 29.0. The summed E-state index contributed by atoms with van der Waals surface area (Å²) in [6.07, 6.45) is -1.87. The molecule has 0 aliphatic rings. The zero-order chi connectivity index (χ0) is 31.2. The Bertz CT molecular complexity index is 1610. The Morgan fingerprint density at radius 1 is 1.21 bits per heavy atom. The average molecular weight is 639 g/mol.